The average Bonchev–Trinajstić information content (AvgIpc) is 2.34. The summed E-state index contributed by atoms with van der Waals surface area (Å²) >= 11 is 1.20. The van der Waals surface area contributed by atoms with Crippen LogP contribution in [-0.4, -0.2) is 29.9 Å². The highest BCUT2D eigenvalue weighted by molar-refractivity contribution is 7.17. The van der Waals surface area contributed by atoms with Crippen LogP contribution in [0, 0.1) is 0 Å². The Bertz CT molecular complexity index is 269. The number of carbonyl (C=O) groups excluding carboxylic acids is 1. The van der Waals surface area contributed by atoms with E-state index in [-0.39, 0.29) is 5.91 Å². The fourth-order valence-electron chi connectivity index (χ4n) is 0.577. The lowest BCUT2D eigenvalue weighted by Gasteiger charge is -2.05. The predicted molar refractivity (Wildman–Crippen MR) is 44.5 cm³/mol. The standard InChI is InChI=1S/C6H9N3OS/c1-9(2)6(10)5-8-3-4(7)11-5/h3H,7H2,1-2H3. The van der Waals surface area contributed by atoms with E-state index in [0.29, 0.717) is 10.0 Å². The average molecular weight is 171 g/mol. The Hall–Kier alpha value is -1.10. The number of nitrogen functional groups attached to an aromatic ring is 1. The van der Waals surface area contributed by atoms with Crippen LogP contribution in [0.3, 0.4) is 0 Å². The molecule has 1 aromatic heterocycles. The Labute approximate surface area is 68.6 Å². The molecule has 0 unspecified atom stereocenters. The molecule has 4 nitrogen and oxygen atoms in total. The number of nitrogens with two attached hydrogens (primary N) is 1. The fourth-order valence-corrected chi connectivity index (χ4v) is 1.28. The zero-order chi connectivity index (χ0) is 8.43. The first-order valence-electron chi connectivity index (χ1n) is 3.04. The summed E-state index contributed by atoms with van der Waals surface area (Å²) in [7, 11) is 3.36. The molecular weight excluding hydrogens is 162 g/mol. The highest BCUT2D eigenvalue weighted by Gasteiger charge is 2.11. The number of nitrogens with zero attached hydrogens (tertiary/aromatic N) is 2. The lowest BCUT2D eigenvalue weighted by Crippen LogP contribution is -2.21. The summed E-state index contributed by atoms with van der Waals surface area (Å²) in [5, 5.41) is 1.00. The molecule has 1 heterocycles. The van der Waals surface area contributed by atoms with Gasteiger partial charge in [-0.25, -0.2) is 4.98 Å². The van der Waals surface area contributed by atoms with Gasteiger partial charge < -0.3 is 10.6 Å². The molecule has 0 atom stereocenters. The maximum absolute atomic E-state index is 11.2. The van der Waals surface area contributed by atoms with Crippen molar-refractivity contribution in [3.05, 3.63) is 11.2 Å². The van der Waals surface area contributed by atoms with E-state index in [4.69, 9.17) is 5.73 Å². The maximum Gasteiger partial charge on any atom is 0.282 e. The molecule has 60 valence electrons. The smallest absolute Gasteiger partial charge is 0.282 e. The van der Waals surface area contributed by atoms with Gasteiger partial charge in [0, 0.05) is 14.1 Å². The Balaban J connectivity index is 2.85. The van der Waals surface area contributed by atoms with Gasteiger partial charge in [-0.2, -0.15) is 0 Å². The summed E-state index contributed by atoms with van der Waals surface area (Å²) < 4.78 is 0. The normalized spacial score (nSPS) is 9.64. The van der Waals surface area contributed by atoms with E-state index in [9.17, 15) is 4.79 Å². The number of thiazole rings is 1. The lowest BCUT2D eigenvalue weighted by molar-refractivity contribution is 0.0827. The fraction of sp³-hybridized carbons (Fsp3) is 0.333. The molecule has 1 aromatic rings. The SMILES string of the molecule is CN(C)C(=O)c1ncc(N)s1. The van der Waals surface area contributed by atoms with Crippen molar-refractivity contribution in [3.63, 3.8) is 0 Å². The van der Waals surface area contributed by atoms with Crippen LogP contribution in [0.15, 0.2) is 6.20 Å². The Morgan fingerprint density at radius 2 is 2.36 bits per heavy atom. The highest BCUT2D eigenvalue weighted by atomic mass is 32.1. The molecule has 0 aliphatic heterocycles. The van der Waals surface area contributed by atoms with Crippen LogP contribution in [0.5, 0.6) is 0 Å². The number of aromatic nitrogens is 1. The first-order chi connectivity index (χ1) is 5.11. The third-order valence-corrected chi connectivity index (χ3v) is 1.93. The van der Waals surface area contributed by atoms with Crippen molar-refractivity contribution in [2.75, 3.05) is 19.8 Å². The molecule has 0 aliphatic carbocycles. The van der Waals surface area contributed by atoms with Gasteiger partial charge in [-0.15, -0.1) is 0 Å². The Kier molecular flexibility index (Phi) is 2.09. The van der Waals surface area contributed by atoms with Gasteiger partial charge in [0.15, 0.2) is 5.01 Å². The summed E-state index contributed by atoms with van der Waals surface area (Å²) in [6.45, 7) is 0. The van der Waals surface area contributed by atoms with Gasteiger partial charge in [0.1, 0.15) is 5.00 Å². The van der Waals surface area contributed by atoms with Gasteiger partial charge in [-0.3, -0.25) is 4.79 Å². The number of carbonyl (C=O) groups is 1. The molecule has 0 aliphatic rings. The van der Waals surface area contributed by atoms with Crippen LogP contribution >= 0.6 is 11.3 Å². The number of hydrogen-bond acceptors (Lipinski definition) is 4. The summed E-state index contributed by atoms with van der Waals surface area (Å²) in [6.07, 6.45) is 1.49. The zero-order valence-corrected chi connectivity index (χ0v) is 7.18. The Morgan fingerprint density at radius 3 is 2.73 bits per heavy atom. The molecule has 0 radical (unpaired) electrons. The van der Waals surface area contributed by atoms with Gasteiger partial charge in [0.05, 0.1) is 6.20 Å². The number of hydrogen-bond donors (Lipinski definition) is 1. The van der Waals surface area contributed by atoms with E-state index in [0.717, 1.165) is 0 Å². The van der Waals surface area contributed by atoms with Crippen LogP contribution in [0.1, 0.15) is 9.80 Å². The molecule has 1 amide bonds. The molecule has 11 heavy (non-hydrogen) atoms. The van der Waals surface area contributed by atoms with Gasteiger partial charge in [0.2, 0.25) is 0 Å². The second-order valence-corrected chi connectivity index (χ2v) is 3.33. The van der Waals surface area contributed by atoms with Gasteiger partial charge in [-0.1, -0.05) is 11.3 Å². The molecule has 2 N–H and O–H groups in total. The van der Waals surface area contributed by atoms with E-state index in [2.05, 4.69) is 4.98 Å². The molecule has 0 saturated carbocycles. The quantitative estimate of drug-likeness (QED) is 0.666. The minimum Gasteiger partial charge on any atom is -0.389 e. The monoisotopic (exact) mass is 171 g/mol. The van der Waals surface area contributed by atoms with E-state index < -0.39 is 0 Å². The third-order valence-electron chi connectivity index (χ3n) is 1.11. The minimum absolute atomic E-state index is 0.105. The molecular formula is C6H9N3OS. The van der Waals surface area contributed by atoms with E-state index in [1.54, 1.807) is 14.1 Å². The molecule has 0 bridgehead atoms. The van der Waals surface area contributed by atoms with Crippen LogP contribution in [0.4, 0.5) is 5.00 Å². The zero-order valence-electron chi connectivity index (χ0n) is 6.37. The highest BCUT2D eigenvalue weighted by Crippen LogP contribution is 2.15. The molecule has 1 rings (SSSR count). The van der Waals surface area contributed by atoms with E-state index in [1.807, 2.05) is 0 Å². The van der Waals surface area contributed by atoms with E-state index in [1.165, 1.54) is 22.4 Å². The molecule has 0 aromatic carbocycles. The van der Waals surface area contributed by atoms with Gasteiger partial charge in [0.25, 0.3) is 5.91 Å². The van der Waals surface area contributed by atoms with Crippen LogP contribution in [-0.2, 0) is 0 Å². The van der Waals surface area contributed by atoms with Crippen molar-refractivity contribution in [3.8, 4) is 0 Å². The molecule has 0 fully saturated rings. The summed E-state index contributed by atoms with van der Waals surface area (Å²) in [6, 6.07) is 0. The minimum atomic E-state index is -0.105. The van der Waals surface area contributed by atoms with Crippen molar-refractivity contribution >= 4 is 22.2 Å². The maximum atomic E-state index is 11.2. The number of amides is 1. The van der Waals surface area contributed by atoms with Crippen molar-refractivity contribution in [2.24, 2.45) is 0 Å². The van der Waals surface area contributed by atoms with Crippen LogP contribution < -0.4 is 5.73 Å². The molecule has 0 saturated heterocycles. The van der Waals surface area contributed by atoms with Crippen molar-refractivity contribution < 1.29 is 4.79 Å². The van der Waals surface area contributed by atoms with Crippen molar-refractivity contribution in [1.29, 1.82) is 0 Å². The van der Waals surface area contributed by atoms with Crippen molar-refractivity contribution in [1.82, 2.24) is 9.88 Å². The number of anilines is 1. The molecule has 5 heteroatoms. The Morgan fingerprint density at radius 1 is 1.73 bits per heavy atom. The molecule has 0 spiro atoms. The first-order valence-corrected chi connectivity index (χ1v) is 3.86. The second kappa shape index (κ2) is 2.87. The van der Waals surface area contributed by atoms with Gasteiger partial charge >= 0.3 is 0 Å². The topological polar surface area (TPSA) is 59.2 Å². The van der Waals surface area contributed by atoms with Crippen LogP contribution in [0.25, 0.3) is 0 Å². The van der Waals surface area contributed by atoms with Crippen LogP contribution in [0.2, 0.25) is 0 Å². The van der Waals surface area contributed by atoms with Crippen molar-refractivity contribution in [2.45, 2.75) is 0 Å². The summed E-state index contributed by atoms with van der Waals surface area (Å²) in [4.78, 5) is 16.5. The van der Waals surface area contributed by atoms with E-state index >= 15 is 0 Å². The first kappa shape index (κ1) is 8.00. The second-order valence-electron chi connectivity index (χ2n) is 2.27. The van der Waals surface area contributed by atoms with Gasteiger partial charge in [-0.05, 0) is 0 Å². The number of rotatable bonds is 1. The summed E-state index contributed by atoms with van der Waals surface area (Å²) in [5.41, 5.74) is 5.40. The predicted octanol–water partition coefficient (Wildman–Crippen LogP) is 0.427. The third kappa shape index (κ3) is 1.68. The summed E-state index contributed by atoms with van der Waals surface area (Å²) in [5.74, 6) is -0.105. The largest absolute Gasteiger partial charge is 0.389 e. The lowest BCUT2D eigenvalue weighted by atomic mass is 10.6.